The van der Waals surface area contributed by atoms with Gasteiger partial charge in [-0.2, -0.15) is 0 Å². The molecule has 0 heterocycles. The molecule has 12 heavy (non-hydrogen) atoms. The van der Waals surface area contributed by atoms with Gasteiger partial charge >= 0.3 is 0 Å². The van der Waals surface area contributed by atoms with Crippen molar-refractivity contribution in [2.45, 2.75) is 37.7 Å². The lowest BCUT2D eigenvalue weighted by Crippen LogP contribution is -2.44. The highest BCUT2D eigenvalue weighted by atomic mass is 16.3. The Morgan fingerprint density at radius 2 is 2.17 bits per heavy atom. The van der Waals surface area contributed by atoms with Crippen LogP contribution in [0.25, 0.3) is 0 Å². The SMILES string of the molecule is O=C1C[C@@H]2CC[C@@]3(O)[C@@H]2CC[C@@H]13. The number of carbonyl (C=O) groups excluding carboxylic acids is 1. The van der Waals surface area contributed by atoms with Crippen LogP contribution in [0.4, 0.5) is 0 Å². The van der Waals surface area contributed by atoms with E-state index in [0.29, 0.717) is 17.6 Å². The van der Waals surface area contributed by atoms with Gasteiger partial charge in [-0.15, -0.1) is 0 Å². The van der Waals surface area contributed by atoms with Gasteiger partial charge in [0.2, 0.25) is 0 Å². The van der Waals surface area contributed by atoms with Crippen LogP contribution in [0.5, 0.6) is 0 Å². The van der Waals surface area contributed by atoms with E-state index in [-0.39, 0.29) is 5.92 Å². The highest BCUT2D eigenvalue weighted by molar-refractivity contribution is 5.84. The van der Waals surface area contributed by atoms with Gasteiger partial charge in [-0.25, -0.2) is 0 Å². The molecular formula is C10H14O2. The minimum atomic E-state index is -0.556. The zero-order chi connectivity index (χ0) is 8.34. The fourth-order valence-corrected chi connectivity index (χ4v) is 3.81. The Labute approximate surface area is 72.0 Å². The van der Waals surface area contributed by atoms with Crippen molar-refractivity contribution in [2.75, 3.05) is 0 Å². The van der Waals surface area contributed by atoms with Crippen molar-refractivity contribution in [1.29, 1.82) is 0 Å². The maximum Gasteiger partial charge on any atom is 0.139 e. The van der Waals surface area contributed by atoms with E-state index in [9.17, 15) is 9.90 Å². The molecule has 0 radical (unpaired) electrons. The van der Waals surface area contributed by atoms with Gasteiger partial charge in [0.05, 0.1) is 5.60 Å². The van der Waals surface area contributed by atoms with Gasteiger partial charge < -0.3 is 5.11 Å². The van der Waals surface area contributed by atoms with Crippen molar-refractivity contribution >= 4 is 5.78 Å². The predicted octanol–water partition coefficient (Wildman–Crippen LogP) is 1.13. The average Bonchev–Trinajstić information content (AvgIpc) is 2.36. The number of hydrogen-bond acceptors (Lipinski definition) is 2. The summed E-state index contributed by atoms with van der Waals surface area (Å²) in [6, 6.07) is 0. The Bertz CT molecular complexity index is 248. The largest absolute Gasteiger partial charge is 0.389 e. The molecule has 0 amide bonds. The summed E-state index contributed by atoms with van der Waals surface area (Å²) in [6.45, 7) is 0. The molecule has 3 rings (SSSR count). The molecule has 4 atom stereocenters. The van der Waals surface area contributed by atoms with E-state index >= 15 is 0 Å². The Morgan fingerprint density at radius 3 is 3.00 bits per heavy atom. The second-order valence-corrected chi connectivity index (χ2v) is 4.70. The van der Waals surface area contributed by atoms with E-state index in [1.807, 2.05) is 0 Å². The lowest BCUT2D eigenvalue weighted by Gasteiger charge is -2.34. The fourth-order valence-electron chi connectivity index (χ4n) is 3.81. The normalized spacial score (nSPS) is 56.4. The lowest BCUT2D eigenvalue weighted by atomic mass is 9.74. The van der Waals surface area contributed by atoms with Crippen LogP contribution in [0.1, 0.15) is 32.1 Å². The van der Waals surface area contributed by atoms with Crippen molar-refractivity contribution in [2.24, 2.45) is 17.8 Å². The highest BCUT2D eigenvalue weighted by Gasteiger charge is 2.61. The van der Waals surface area contributed by atoms with Crippen molar-refractivity contribution in [1.82, 2.24) is 0 Å². The first-order chi connectivity index (χ1) is 5.72. The standard InChI is InChI=1S/C10H14O2/c11-9-5-6-3-4-10(12)7(6)1-2-8(9)10/h6-8,12H,1-5H2/t6-,7+,8-,10+/m0/s1. The van der Waals surface area contributed by atoms with Gasteiger partial charge in [-0.1, -0.05) is 0 Å². The topological polar surface area (TPSA) is 37.3 Å². The first-order valence-corrected chi connectivity index (χ1v) is 4.97. The van der Waals surface area contributed by atoms with Crippen molar-refractivity contribution < 1.29 is 9.90 Å². The van der Waals surface area contributed by atoms with Crippen LogP contribution in [0.2, 0.25) is 0 Å². The Balaban J connectivity index is 2.09. The Morgan fingerprint density at radius 1 is 1.33 bits per heavy atom. The molecule has 0 saturated heterocycles. The smallest absolute Gasteiger partial charge is 0.139 e. The van der Waals surface area contributed by atoms with Crippen LogP contribution in [0.3, 0.4) is 0 Å². The average molecular weight is 166 g/mol. The number of ketones is 1. The molecule has 3 aliphatic carbocycles. The molecule has 2 heteroatoms. The van der Waals surface area contributed by atoms with Crippen molar-refractivity contribution in [3.63, 3.8) is 0 Å². The van der Waals surface area contributed by atoms with E-state index in [2.05, 4.69) is 0 Å². The first-order valence-electron chi connectivity index (χ1n) is 4.97. The molecule has 1 N–H and O–H groups in total. The molecule has 3 fully saturated rings. The van der Waals surface area contributed by atoms with Gasteiger partial charge in [0.1, 0.15) is 5.78 Å². The highest BCUT2D eigenvalue weighted by Crippen LogP contribution is 2.58. The summed E-state index contributed by atoms with van der Waals surface area (Å²) in [6.07, 6.45) is 4.79. The summed E-state index contributed by atoms with van der Waals surface area (Å²) in [4.78, 5) is 11.6. The summed E-state index contributed by atoms with van der Waals surface area (Å²) < 4.78 is 0. The van der Waals surface area contributed by atoms with Crippen LogP contribution in [0.15, 0.2) is 0 Å². The molecular weight excluding hydrogens is 152 g/mol. The number of aliphatic hydroxyl groups is 1. The molecule has 0 aromatic carbocycles. The number of rotatable bonds is 0. The van der Waals surface area contributed by atoms with Crippen LogP contribution < -0.4 is 0 Å². The third-order valence-corrected chi connectivity index (χ3v) is 4.35. The monoisotopic (exact) mass is 166 g/mol. The third kappa shape index (κ3) is 0.598. The molecule has 0 aliphatic heterocycles. The quantitative estimate of drug-likeness (QED) is 0.585. The predicted molar refractivity (Wildman–Crippen MR) is 43.5 cm³/mol. The van der Waals surface area contributed by atoms with E-state index in [4.69, 9.17) is 0 Å². The molecule has 0 unspecified atom stereocenters. The summed E-state index contributed by atoms with van der Waals surface area (Å²) in [7, 11) is 0. The van der Waals surface area contributed by atoms with Gasteiger partial charge in [0.15, 0.2) is 0 Å². The number of Topliss-reactive ketones (excluding diaryl/α,β-unsaturated/α-hetero) is 1. The van der Waals surface area contributed by atoms with Crippen LogP contribution >= 0.6 is 0 Å². The molecule has 3 aliphatic rings. The molecule has 4 bridgehead atoms. The zero-order valence-electron chi connectivity index (χ0n) is 7.12. The van der Waals surface area contributed by atoms with Crippen LogP contribution in [-0.4, -0.2) is 16.5 Å². The molecule has 3 saturated carbocycles. The second-order valence-electron chi connectivity index (χ2n) is 4.70. The fraction of sp³-hybridized carbons (Fsp3) is 0.900. The Kier molecular flexibility index (Phi) is 1.13. The zero-order valence-corrected chi connectivity index (χ0v) is 7.12. The maximum absolute atomic E-state index is 11.6. The van der Waals surface area contributed by atoms with Gasteiger partial charge in [-0.05, 0) is 37.5 Å². The molecule has 2 nitrogen and oxygen atoms in total. The minimum Gasteiger partial charge on any atom is -0.389 e. The summed E-state index contributed by atoms with van der Waals surface area (Å²) in [5.41, 5.74) is -0.556. The van der Waals surface area contributed by atoms with Crippen LogP contribution in [0, 0.1) is 17.8 Å². The van der Waals surface area contributed by atoms with Gasteiger partial charge in [0.25, 0.3) is 0 Å². The van der Waals surface area contributed by atoms with Crippen molar-refractivity contribution in [3.05, 3.63) is 0 Å². The van der Waals surface area contributed by atoms with Gasteiger partial charge in [-0.3, -0.25) is 4.79 Å². The lowest BCUT2D eigenvalue weighted by molar-refractivity contribution is -0.137. The summed E-state index contributed by atoms with van der Waals surface area (Å²) >= 11 is 0. The maximum atomic E-state index is 11.6. The summed E-state index contributed by atoms with van der Waals surface area (Å²) in [5.74, 6) is 1.36. The van der Waals surface area contributed by atoms with Crippen molar-refractivity contribution in [3.8, 4) is 0 Å². The number of carbonyl (C=O) groups is 1. The third-order valence-electron chi connectivity index (χ3n) is 4.35. The first kappa shape index (κ1) is 7.07. The molecule has 66 valence electrons. The van der Waals surface area contributed by atoms with E-state index in [1.165, 1.54) is 0 Å². The van der Waals surface area contributed by atoms with Gasteiger partial charge in [0, 0.05) is 12.3 Å². The molecule has 0 aromatic heterocycles. The minimum absolute atomic E-state index is 0.0150. The molecule has 0 spiro atoms. The Hall–Kier alpha value is -0.370. The van der Waals surface area contributed by atoms with E-state index in [1.54, 1.807) is 0 Å². The number of hydrogen-bond donors (Lipinski definition) is 1. The van der Waals surface area contributed by atoms with E-state index < -0.39 is 5.60 Å². The molecule has 0 aromatic rings. The van der Waals surface area contributed by atoms with Crippen LogP contribution in [-0.2, 0) is 4.79 Å². The van der Waals surface area contributed by atoms with E-state index in [0.717, 1.165) is 32.1 Å². The second kappa shape index (κ2) is 1.92. The summed E-state index contributed by atoms with van der Waals surface area (Å²) in [5, 5.41) is 10.3.